The standard InChI is InChI=1S/C10H13BrO2/c1-7-3-4-10(9(11)5-7)13-6-8(2)12/h3-5,8,12H,6H2,1-2H3/t8-/m1/s1. The molecule has 0 aliphatic rings. The van der Waals surface area contributed by atoms with Crippen LogP contribution in [0.3, 0.4) is 0 Å². The van der Waals surface area contributed by atoms with Crippen molar-refractivity contribution in [2.75, 3.05) is 6.61 Å². The second-order valence-corrected chi connectivity index (χ2v) is 3.95. The number of hydrogen-bond donors (Lipinski definition) is 1. The average Bonchev–Trinajstić information content (AvgIpc) is 2.02. The van der Waals surface area contributed by atoms with E-state index in [1.54, 1.807) is 6.92 Å². The number of aryl methyl sites for hydroxylation is 1. The summed E-state index contributed by atoms with van der Waals surface area (Å²) < 4.78 is 6.28. The average molecular weight is 245 g/mol. The zero-order valence-corrected chi connectivity index (χ0v) is 9.34. The Bertz CT molecular complexity index is 284. The summed E-state index contributed by atoms with van der Waals surface area (Å²) in [5.41, 5.74) is 1.18. The van der Waals surface area contributed by atoms with Crippen molar-refractivity contribution in [3.05, 3.63) is 28.2 Å². The van der Waals surface area contributed by atoms with E-state index in [4.69, 9.17) is 9.84 Å². The Morgan fingerprint density at radius 3 is 2.77 bits per heavy atom. The minimum absolute atomic E-state index is 0.321. The first-order chi connectivity index (χ1) is 6.09. The maximum Gasteiger partial charge on any atom is 0.133 e. The van der Waals surface area contributed by atoms with E-state index in [-0.39, 0.29) is 0 Å². The van der Waals surface area contributed by atoms with Crippen LogP contribution in [0.25, 0.3) is 0 Å². The SMILES string of the molecule is Cc1ccc(OC[C@@H](C)O)c(Br)c1. The van der Waals surface area contributed by atoms with Gasteiger partial charge >= 0.3 is 0 Å². The summed E-state index contributed by atoms with van der Waals surface area (Å²) in [6.45, 7) is 4.03. The molecule has 0 unspecified atom stereocenters. The molecule has 0 saturated carbocycles. The minimum atomic E-state index is -0.437. The fraction of sp³-hybridized carbons (Fsp3) is 0.400. The number of aliphatic hydroxyl groups is 1. The fourth-order valence-corrected chi connectivity index (χ4v) is 1.54. The van der Waals surface area contributed by atoms with Gasteiger partial charge in [-0.2, -0.15) is 0 Å². The molecule has 0 spiro atoms. The normalized spacial score (nSPS) is 12.6. The number of halogens is 1. The molecular weight excluding hydrogens is 232 g/mol. The van der Waals surface area contributed by atoms with E-state index < -0.39 is 6.10 Å². The van der Waals surface area contributed by atoms with Crippen LogP contribution in [0.5, 0.6) is 5.75 Å². The van der Waals surface area contributed by atoms with Gasteiger partial charge in [0.05, 0.1) is 10.6 Å². The highest BCUT2D eigenvalue weighted by molar-refractivity contribution is 9.10. The van der Waals surface area contributed by atoms with Crippen molar-refractivity contribution in [3.63, 3.8) is 0 Å². The topological polar surface area (TPSA) is 29.5 Å². The Hall–Kier alpha value is -0.540. The van der Waals surface area contributed by atoms with E-state index in [0.717, 1.165) is 10.2 Å². The van der Waals surface area contributed by atoms with Gasteiger partial charge in [-0.3, -0.25) is 0 Å². The third-order valence-corrected chi connectivity index (χ3v) is 2.19. The van der Waals surface area contributed by atoms with Crippen LogP contribution in [0.15, 0.2) is 22.7 Å². The molecular formula is C10H13BrO2. The second kappa shape index (κ2) is 4.63. The molecule has 0 heterocycles. The van der Waals surface area contributed by atoms with Crippen molar-refractivity contribution in [2.45, 2.75) is 20.0 Å². The summed E-state index contributed by atoms with van der Waals surface area (Å²) in [6, 6.07) is 5.85. The number of rotatable bonds is 3. The molecule has 1 aromatic carbocycles. The monoisotopic (exact) mass is 244 g/mol. The summed E-state index contributed by atoms with van der Waals surface area (Å²) in [7, 11) is 0. The van der Waals surface area contributed by atoms with Gasteiger partial charge in [-0.25, -0.2) is 0 Å². The molecule has 1 aromatic rings. The van der Waals surface area contributed by atoms with Gasteiger partial charge in [0.1, 0.15) is 12.4 Å². The van der Waals surface area contributed by atoms with Gasteiger partial charge in [-0.1, -0.05) is 6.07 Å². The summed E-state index contributed by atoms with van der Waals surface area (Å²) in [5, 5.41) is 9.02. The van der Waals surface area contributed by atoms with Gasteiger partial charge in [0, 0.05) is 0 Å². The molecule has 1 atom stereocenters. The highest BCUT2D eigenvalue weighted by Crippen LogP contribution is 2.25. The van der Waals surface area contributed by atoms with Crippen molar-refractivity contribution in [2.24, 2.45) is 0 Å². The number of aliphatic hydroxyl groups excluding tert-OH is 1. The van der Waals surface area contributed by atoms with Crippen LogP contribution in [0.2, 0.25) is 0 Å². The molecule has 0 aliphatic heterocycles. The van der Waals surface area contributed by atoms with E-state index in [1.807, 2.05) is 25.1 Å². The van der Waals surface area contributed by atoms with Gasteiger partial charge < -0.3 is 9.84 Å². The molecule has 0 aromatic heterocycles. The maximum atomic E-state index is 9.02. The predicted octanol–water partition coefficient (Wildman–Crippen LogP) is 2.52. The van der Waals surface area contributed by atoms with Crippen molar-refractivity contribution in [3.8, 4) is 5.75 Å². The van der Waals surface area contributed by atoms with E-state index in [1.165, 1.54) is 5.56 Å². The molecule has 3 heteroatoms. The van der Waals surface area contributed by atoms with Crippen LogP contribution >= 0.6 is 15.9 Å². The molecule has 0 saturated heterocycles. The Balaban J connectivity index is 2.67. The summed E-state index contributed by atoms with van der Waals surface area (Å²) >= 11 is 3.39. The maximum absolute atomic E-state index is 9.02. The molecule has 0 radical (unpaired) electrons. The fourth-order valence-electron chi connectivity index (χ4n) is 0.933. The van der Waals surface area contributed by atoms with Crippen LogP contribution < -0.4 is 4.74 Å². The molecule has 0 fully saturated rings. The molecule has 0 amide bonds. The second-order valence-electron chi connectivity index (χ2n) is 3.09. The summed E-state index contributed by atoms with van der Waals surface area (Å²) in [6.07, 6.45) is -0.437. The highest BCUT2D eigenvalue weighted by atomic mass is 79.9. The minimum Gasteiger partial charge on any atom is -0.490 e. The number of hydrogen-bond acceptors (Lipinski definition) is 2. The summed E-state index contributed by atoms with van der Waals surface area (Å²) in [4.78, 5) is 0. The summed E-state index contributed by atoms with van der Waals surface area (Å²) in [5.74, 6) is 0.770. The van der Waals surface area contributed by atoms with Crippen LogP contribution in [0.1, 0.15) is 12.5 Å². The van der Waals surface area contributed by atoms with Crippen LogP contribution in [-0.4, -0.2) is 17.8 Å². The van der Waals surface area contributed by atoms with Crippen LogP contribution in [0, 0.1) is 6.92 Å². The molecule has 13 heavy (non-hydrogen) atoms. The quantitative estimate of drug-likeness (QED) is 0.886. The first-order valence-corrected chi connectivity index (χ1v) is 4.96. The third-order valence-electron chi connectivity index (χ3n) is 1.57. The van der Waals surface area contributed by atoms with E-state index in [9.17, 15) is 0 Å². The zero-order valence-electron chi connectivity index (χ0n) is 7.75. The highest BCUT2D eigenvalue weighted by Gasteiger charge is 2.02. The number of benzene rings is 1. The lowest BCUT2D eigenvalue weighted by molar-refractivity contribution is 0.122. The zero-order chi connectivity index (χ0) is 9.84. The van der Waals surface area contributed by atoms with Gasteiger partial charge in [-0.15, -0.1) is 0 Å². The van der Waals surface area contributed by atoms with Crippen LogP contribution in [-0.2, 0) is 0 Å². The van der Waals surface area contributed by atoms with Crippen LogP contribution in [0.4, 0.5) is 0 Å². The van der Waals surface area contributed by atoms with Gasteiger partial charge in [0.15, 0.2) is 0 Å². The molecule has 0 aliphatic carbocycles. The van der Waals surface area contributed by atoms with E-state index in [2.05, 4.69) is 15.9 Å². The molecule has 1 rings (SSSR count). The van der Waals surface area contributed by atoms with Crippen molar-refractivity contribution >= 4 is 15.9 Å². The van der Waals surface area contributed by atoms with E-state index >= 15 is 0 Å². The van der Waals surface area contributed by atoms with Crippen molar-refractivity contribution in [1.82, 2.24) is 0 Å². The Morgan fingerprint density at radius 2 is 2.23 bits per heavy atom. The van der Waals surface area contributed by atoms with Gasteiger partial charge in [-0.05, 0) is 47.5 Å². The Labute approximate surface area is 86.7 Å². The third kappa shape index (κ3) is 3.36. The largest absolute Gasteiger partial charge is 0.490 e. The molecule has 1 N–H and O–H groups in total. The predicted molar refractivity (Wildman–Crippen MR) is 56.1 cm³/mol. The van der Waals surface area contributed by atoms with Gasteiger partial charge in [0.25, 0.3) is 0 Å². The van der Waals surface area contributed by atoms with Crippen molar-refractivity contribution < 1.29 is 9.84 Å². The van der Waals surface area contributed by atoms with Crippen molar-refractivity contribution in [1.29, 1.82) is 0 Å². The lowest BCUT2D eigenvalue weighted by Crippen LogP contribution is -2.12. The Kier molecular flexibility index (Phi) is 3.75. The van der Waals surface area contributed by atoms with Gasteiger partial charge in [0.2, 0.25) is 0 Å². The molecule has 72 valence electrons. The lowest BCUT2D eigenvalue weighted by Gasteiger charge is -2.09. The first kappa shape index (κ1) is 10.5. The van der Waals surface area contributed by atoms with E-state index in [0.29, 0.717) is 6.61 Å². The molecule has 0 bridgehead atoms. The number of ether oxygens (including phenoxy) is 1. The molecule has 2 nitrogen and oxygen atoms in total. The first-order valence-electron chi connectivity index (χ1n) is 4.16. The Morgan fingerprint density at radius 1 is 1.54 bits per heavy atom. The smallest absolute Gasteiger partial charge is 0.133 e. The lowest BCUT2D eigenvalue weighted by atomic mass is 10.2.